The van der Waals surface area contributed by atoms with Gasteiger partial charge in [0.1, 0.15) is 11.6 Å². The Hall–Kier alpha value is -2.84. The zero-order valence-corrected chi connectivity index (χ0v) is 27.4. The number of sulfonamides is 1. The highest BCUT2D eigenvalue weighted by atomic mass is 79.9. The summed E-state index contributed by atoms with van der Waals surface area (Å²) >= 11 is 10.2. The average Bonchev–Trinajstić information content (AvgIpc) is 3.43. The number of aromatic nitrogens is 2. The van der Waals surface area contributed by atoms with Crippen LogP contribution in [0.2, 0.25) is 5.02 Å². The second-order valence-electron chi connectivity index (χ2n) is 11.3. The van der Waals surface area contributed by atoms with Crippen molar-refractivity contribution in [3.8, 4) is 5.75 Å². The second kappa shape index (κ2) is 12.6. The zero-order chi connectivity index (χ0) is 30.1. The van der Waals surface area contributed by atoms with E-state index >= 15 is 0 Å². The normalized spacial score (nSPS) is 18.3. The third-order valence-electron chi connectivity index (χ3n) is 8.21. The number of piperazine rings is 1. The van der Waals surface area contributed by atoms with Crippen molar-refractivity contribution in [3.63, 3.8) is 0 Å². The lowest BCUT2D eigenvalue weighted by Gasteiger charge is -2.42. The molecule has 0 atom stereocenters. The quantitative estimate of drug-likeness (QED) is 0.301. The molecule has 2 saturated heterocycles. The van der Waals surface area contributed by atoms with Crippen LogP contribution in [0.25, 0.3) is 0 Å². The molecule has 43 heavy (non-hydrogen) atoms. The van der Waals surface area contributed by atoms with Crippen molar-refractivity contribution < 1.29 is 13.2 Å². The Morgan fingerprint density at radius 3 is 2.49 bits per heavy atom. The number of rotatable bonds is 8. The molecule has 0 bridgehead atoms. The molecule has 3 N–H and O–H groups in total. The summed E-state index contributed by atoms with van der Waals surface area (Å²) in [4.78, 5) is 16.5. The monoisotopic (exact) mass is 690 g/mol. The highest BCUT2D eigenvalue weighted by molar-refractivity contribution is 9.10. The van der Waals surface area contributed by atoms with Gasteiger partial charge in [0.25, 0.3) is 0 Å². The number of piperidine rings is 1. The number of likely N-dealkylation sites (N-methyl/N-ethyl adjacent to an activating group) is 1. The molecule has 2 aromatic carbocycles. The molecule has 3 aliphatic rings. The van der Waals surface area contributed by atoms with Crippen LogP contribution >= 0.6 is 27.5 Å². The molecule has 3 aromatic rings. The Bertz CT molecular complexity index is 1590. The van der Waals surface area contributed by atoms with Gasteiger partial charge in [0.05, 0.1) is 39.4 Å². The van der Waals surface area contributed by atoms with Gasteiger partial charge >= 0.3 is 0 Å². The van der Waals surface area contributed by atoms with Gasteiger partial charge in [0, 0.05) is 69.7 Å². The van der Waals surface area contributed by atoms with Gasteiger partial charge in [0.2, 0.25) is 16.0 Å². The molecule has 0 spiro atoms. The standard InChI is InChI=1S/C29H36BrClN8O3S/c1-37-10-12-39(13-11-37)20-5-8-38(9-6-20)21-3-4-24(23(31)16-21)34-29-32-18-22(30)28(35-29)33-25-17-27-19(7-14-42-27)15-26(25)36-43(2,40)41/h3-4,15-18,20,36H,5-14H2,1-2H3,(H2,32,33,34,35). The molecule has 2 fully saturated rings. The first-order chi connectivity index (χ1) is 20.6. The van der Waals surface area contributed by atoms with Crippen LogP contribution in [-0.4, -0.2) is 93.4 Å². The van der Waals surface area contributed by atoms with Crippen LogP contribution in [0.5, 0.6) is 5.75 Å². The van der Waals surface area contributed by atoms with E-state index in [1.807, 2.05) is 12.1 Å². The minimum Gasteiger partial charge on any atom is -0.493 e. The minimum absolute atomic E-state index is 0.336. The first-order valence-corrected chi connectivity index (χ1v) is 17.5. The predicted octanol–water partition coefficient (Wildman–Crippen LogP) is 4.90. The van der Waals surface area contributed by atoms with E-state index in [2.05, 4.69) is 69.1 Å². The van der Waals surface area contributed by atoms with Crippen LogP contribution in [-0.2, 0) is 16.4 Å². The van der Waals surface area contributed by atoms with Gasteiger partial charge in [-0.25, -0.2) is 13.4 Å². The summed E-state index contributed by atoms with van der Waals surface area (Å²) in [5.74, 6) is 1.49. The zero-order valence-electron chi connectivity index (χ0n) is 24.2. The lowest BCUT2D eigenvalue weighted by Crippen LogP contribution is -2.52. The highest BCUT2D eigenvalue weighted by Crippen LogP contribution is 2.38. The summed E-state index contributed by atoms with van der Waals surface area (Å²) < 4.78 is 33.0. The lowest BCUT2D eigenvalue weighted by molar-refractivity contribution is 0.0982. The Kier molecular flexibility index (Phi) is 8.88. The van der Waals surface area contributed by atoms with E-state index in [9.17, 15) is 8.42 Å². The highest BCUT2D eigenvalue weighted by Gasteiger charge is 2.27. The molecule has 1 aromatic heterocycles. The number of benzene rings is 2. The Morgan fingerprint density at radius 1 is 1.00 bits per heavy atom. The molecule has 14 heteroatoms. The molecular formula is C29H36BrClN8O3S. The maximum atomic E-state index is 12.0. The van der Waals surface area contributed by atoms with Crippen molar-refractivity contribution in [1.29, 1.82) is 0 Å². The molecule has 0 aliphatic carbocycles. The van der Waals surface area contributed by atoms with Gasteiger partial charge in [-0.2, -0.15) is 4.98 Å². The molecular weight excluding hydrogens is 656 g/mol. The first-order valence-electron chi connectivity index (χ1n) is 14.4. The van der Waals surface area contributed by atoms with Crippen LogP contribution in [0.15, 0.2) is 41.0 Å². The number of fused-ring (bicyclic) bond motifs is 1. The van der Waals surface area contributed by atoms with Crippen LogP contribution in [0.3, 0.4) is 0 Å². The average molecular weight is 692 g/mol. The van der Waals surface area contributed by atoms with E-state index < -0.39 is 10.0 Å². The summed E-state index contributed by atoms with van der Waals surface area (Å²) in [6, 6.07) is 10.2. The van der Waals surface area contributed by atoms with Crippen molar-refractivity contribution in [2.75, 3.05) is 79.4 Å². The molecule has 3 aliphatic heterocycles. The third kappa shape index (κ3) is 7.28. The third-order valence-corrected chi connectivity index (χ3v) is 9.69. The topological polar surface area (TPSA) is 115 Å². The second-order valence-corrected chi connectivity index (χ2v) is 14.3. The van der Waals surface area contributed by atoms with Crippen molar-refractivity contribution in [2.24, 2.45) is 0 Å². The van der Waals surface area contributed by atoms with Gasteiger partial charge < -0.3 is 25.2 Å². The number of nitrogens with zero attached hydrogens (tertiary/aromatic N) is 5. The number of hydrogen-bond acceptors (Lipinski definition) is 10. The maximum Gasteiger partial charge on any atom is 0.229 e. The van der Waals surface area contributed by atoms with Crippen molar-refractivity contribution in [2.45, 2.75) is 25.3 Å². The summed E-state index contributed by atoms with van der Waals surface area (Å²) in [6.45, 7) is 7.18. The number of nitrogens with one attached hydrogen (secondary N) is 3. The SMILES string of the molecule is CN1CCN(C2CCN(c3ccc(Nc4ncc(Br)c(Nc5cc6c(cc5NS(C)(=O)=O)CCO6)n4)c(Cl)c3)CC2)CC1. The van der Waals surface area contributed by atoms with E-state index in [1.54, 1.807) is 18.3 Å². The predicted molar refractivity (Wildman–Crippen MR) is 176 cm³/mol. The van der Waals surface area contributed by atoms with Gasteiger partial charge in [0.15, 0.2) is 0 Å². The Morgan fingerprint density at radius 2 is 1.77 bits per heavy atom. The minimum atomic E-state index is -3.50. The molecule has 6 rings (SSSR count). The van der Waals surface area contributed by atoms with E-state index in [0.29, 0.717) is 63.1 Å². The number of halogens is 2. The maximum absolute atomic E-state index is 12.0. The summed E-state index contributed by atoms with van der Waals surface area (Å²) in [7, 11) is -1.31. The van der Waals surface area contributed by atoms with E-state index in [4.69, 9.17) is 16.3 Å². The summed E-state index contributed by atoms with van der Waals surface area (Å²) in [5.41, 5.74) is 3.67. The Labute approximate surface area is 266 Å². The van der Waals surface area contributed by atoms with Crippen molar-refractivity contribution >= 4 is 72.1 Å². The molecule has 0 amide bonds. The van der Waals surface area contributed by atoms with Crippen molar-refractivity contribution in [1.82, 2.24) is 19.8 Å². The fourth-order valence-corrected chi connectivity index (χ4v) is 6.93. The molecule has 11 nitrogen and oxygen atoms in total. The smallest absolute Gasteiger partial charge is 0.229 e. The van der Waals surface area contributed by atoms with Crippen LogP contribution in [0.4, 0.5) is 34.5 Å². The van der Waals surface area contributed by atoms with Gasteiger partial charge in [-0.1, -0.05) is 11.6 Å². The van der Waals surface area contributed by atoms with E-state index in [1.165, 1.54) is 0 Å². The van der Waals surface area contributed by atoms with Crippen LogP contribution in [0.1, 0.15) is 18.4 Å². The summed E-state index contributed by atoms with van der Waals surface area (Å²) in [6.07, 6.45) is 5.77. The molecule has 0 radical (unpaired) electrons. The molecule has 230 valence electrons. The first kappa shape index (κ1) is 30.2. The molecule has 0 saturated carbocycles. The largest absolute Gasteiger partial charge is 0.493 e. The summed E-state index contributed by atoms with van der Waals surface area (Å²) in [5, 5.41) is 7.03. The van der Waals surface area contributed by atoms with E-state index in [-0.39, 0.29) is 0 Å². The van der Waals surface area contributed by atoms with Gasteiger partial charge in [-0.15, -0.1) is 0 Å². The number of ether oxygens (including phenoxy) is 1. The van der Waals surface area contributed by atoms with Crippen LogP contribution < -0.4 is 25.0 Å². The fourth-order valence-electron chi connectivity index (χ4n) is 5.85. The molecule has 0 unspecified atom stereocenters. The fraction of sp³-hybridized carbons (Fsp3) is 0.448. The lowest BCUT2D eigenvalue weighted by atomic mass is 10.0. The number of anilines is 6. The van der Waals surface area contributed by atoms with Crippen molar-refractivity contribution in [3.05, 3.63) is 51.6 Å². The van der Waals surface area contributed by atoms with Gasteiger partial charge in [-0.05, 0) is 65.6 Å². The van der Waals surface area contributed by atoms with Crippen LogP contribution in [0, 0.1) is 0 Å². The van der Waals surface area contributed by atoms with Gasteiger partial charge in [-0.3, -0.25) is 9.62 Å². The molecule has 4 heterocycles. The number of hydrogen-bond donors (Lipinski definition) is 3. The van der Waals surface area contributed by atoms with E-state index in [0.717, 1.165) is 69.6 Å². The Balaban J connectivity index is 1.14.